The molecular formula is C39H36ClF6N7O3S. The number of hydrogen-bond acceptors (Lipinski definition) is 6. The lowest BCUT2D eigenvalue weighted by Gasteiger charge is -2.34. The summed E-state index contributed by atoms with van der Waals surface area (Å²) in [6.45, 7) is 4.76. The van der Waals surface area contributed by atoms with Crippen LogP contribution in [0, 0.1) is 34.8 Å². The van der Waals surface area contributed by atoms with Crippen molar-refractivity contribution in [1.29, 1.82) is 0 Å². The zero-order valence-corrected chi connectivity index (χ0v) is 32.8. The predicted molar refractivity (Wildman–Crippen MR) is 201 cm³/mol. The third-order valence-electron chi connectivity index (χ3n) is 9.97. The van der Waals surface area contributed by atoms with Crippen LogP contribution in [0.2, 0.25) is 5.02 Å². The SMILES string of the molecule is Cn1nc(NS(C)(=O)=O)c2c(Cl)ccc(-c3ccc(C#CC(C)(C)C)nc3[C@H](Cc3cc(F)cc(F)c3)NC(=O)Cn3nc(C(F)F)c4c3C(F)(F)[C@@H]3CC[C@H]43)c21. The molecule has 10 nitrogen and oxygen atoms in total. The smallest absolute Gasteiger partial charge is 0.293 e. The first kappa shape index (κ1) is 40.1. The van der Waals surface area contributed by atoms with E-state index in [4.69, 9.17) is 16.6 Å². The fourth-order valence-electron chi connectivity index (χ4n) is 7.63. The van der Waals surface area contributed by atoms with Crippen molar-refractivity contribution >= 4 is 44.3 Å². The monoisotopic (exact) mass is 831 g/mol. The molecule has 0 spiro atoms. The van der Waals surface area contributed by atoms with E-state index in [2.05, 4.69) is 32.1 Å². The highest BCUT2D eigenvalue weighted by Crippen LogP contribution is 2.63. The Labute approximate surface area is 329 Å². The van der Waals surface area contributed by atoms with Gasteiger partial charge in [-0.25, -0.2) is 31.0 Å². The topological polar surface area (TPSA) is 124 Å². The molecule has 300 valence electrons. The second-order valence-electron chi connectivity index (χ2n) is 15.4. The minimum Gasteiger partial charge on any atom is -0.346 e. The number of anilines is 1. The number of rotatable bonds is 10. The van der Waals surface area contributed by atoms with Gasteiger partial charge in [0.15, 0.2) is 5.82 Å². The molecule has 1 amide bonds. The van der Waals surface area contributed by atoms with E-state index in [1.165, 1.54) is 10.7 Å². The molecule has 0 unspecified atom stereocenters. The van der Waals surface area contributed by atoms with Crippen molar-refractivity contribution in [2.45, 2.75) is 70.9 Å². The number of aromatic nitrogens is 5. The lowest BCUT2D eigenvalue weighted by molar-refractivity contribution is -0.123. The van der Waals surface area contributed by atoms with Crippen molar-refractivity contribution in [3.8, 4) is 23.0 Å². The summed E-state index contributed by atoms with van der Waals surface area (Å²) in [6.07, 6.45) is -2.07. The Bertz CT molecular complexity index is 2610. The van der Waals surface area contributed by atoms with Crippen LogP contribution in [-0.4, -0.2) is 45.1 Å². The van der Waals surface area contributed by atoms with Gasteiger partial charge in [-0.05, 0) is 87.8 Å². The van der Waals surface area contributed by atoms with Gasteiger partial charge >= 0.3 is 0 Å². The van der Waals surface area contributed by atoms with Crippen LogP contribution >= 0.6 is 11.6 Å². The first-order chi connectivity index (χ1) is 26.6. The van der Waals surface area contributed by atoms with Crippen LogP contribution in [0.15, 0.2) is 42.5 Å². The van der Waals surface area contributed by atoms with Crippen LogP contribution in [0.5, 0.6) is 0 Å². The molecular weight excluding hydrogens is 796 g/mol. The van der Waals surface area contributed by atoms with E-state index in [9.17, 15) is 30.8 Å². The molecule has 3 heterocycles. The first-order valence-electron chi connectivity index (χ1n) is 17.8. The first-order valence-corrected chi connectivity index (χ1v) is 20.1. The number of halogens is 7. The fourth-order valence-corrected chi connectivity index (χ4v) is 8.37. The van der Waals surface area contributed by atoms with Crippen LogP contribution in [0.4, 0.5) is 32.2 Å². The summed E-state index contributed by atoms with van der Waals surface area (Å²) in [5.74, 6) is -2.19. The number of carbonyl (C=O) groups excluding carboxylic acids is 1. The molecule has 1 saturated carbocycles. The average molecular weight is 832 g/mol. The number of pyridine rings is 1. The van der Waals surface area contributed by atoms with Gasteiger partial charge < -0.3 is 5.32 Å². The zero-order valence-electron chi connectivity index (χ0n) is 31.2. The fraction of sp³-hybridized carbons (Fsp3) is 0.385. The van der Waals surface area contributed by atoms with Crippen LogP contribution in [0.1, 0.15) is 85.9 Å². The molecule has 2 aliphatic carbocycles. The van der Waals surface area contributed by atoms with E-state index in [0.29, 0.717) is 33.8 Å². The van der Waals surface area contributed by atoms with E-state index in [1.54, 1.807) is 25.2 Å². The summed E-state index contributed by atoms with van der Waals surface area (Å²) in [5, 5.41) is 11.3. The Morgan fingerprint density at radius 3 is 2.33 bits per heavy atom. The number of nitrogens with one attached hydrogen (secondary N) is 2. The standard InChI is InChI=1S/C39H36ClF6N7O3S/c1-38(2,3)13-12-22-6-7-23(24-9-11-27(40)31-34(24)52(4)50-37(31)51-57(5,55)56)32(47-22)28(16-19-14-20(41)17-21(42)15-19)48-29(54)18-53-35-30(33(49-53)36(43)44)25-8-10-26(25)39(35,45)46/h6-7,9,11,14-15,17,25-26,28,36H,8,10,16,18H2,1-5H3,(H,48,54)(H,50,51)/t25-,26+,28-/m0/s1. The predicted octanol–water partition coefficient (Wildman–Crippen LogP) is 8.17. The number of amides is 1. The van der Waals surface area contributed by atoms with Crippen molar-refractivity contribution in [1.82, 2.24) is 29.9 Å². The maximum Gasteiger partial charge on any atom is 0.293 e. The number of aryl methyl sites for hydroxylation is 1. The van der Waals surface area contributed by atoms with Crippen molar-refractivity contribution in [2.24, 2.45) is 18.4 Å². The Balaban J connectivity index is 1.39. The van der Waals surface area contributed by atoms with Gasteiger partial charge in [0, 0.05) is 41.1 Å². The van der Waals surface area contributed by atoms with Crippen molar-refractivity contribution in [3.05, 3.63) is 93.0 Å². The van der Waals surface area contributed by atoms with E-state index >= 15 is 8.78 Å². The van der Waals surface area contributed by atoms with Gasteiger partial charge in [0.25, 0.3) is 12.3 Å². The molecule has 0 aliphatic heterocycles. The van der Waals surface area contributed by atoms with E-state index in [-0.39, 0.29) is 51.6 Å². The summed E-state index contributed by atoms with van der Waals surface area (Å²) in [4.78, 5) is 18.8. The Hall–Kier alpha value is -5.08. The van der Waals surface area contributed by atoms with E-state index < -0.39 is 81.1 Å². The Morgan fingerprint density at radius 2 is 1.72 bits per heavy atom. The zero-order chi connectivity index (χ0) is 41.4. The quantitative estimate of drug-likeness (QED) is 0.108. The highest BCUT2D eigenvalue weighted by atomic mass is 35.5. The molecule has 57 heavy (non-hydrogen) atoms. The Kier molecular flexibility index (Phi) is 10.1. The van der Waals surface area contributed by atoms with Gasteiger partial charge in [0.1, 0.15) is 35.3 Å². The third-order valence-corrected chi connectivity index (χ3v) is 10.9. The molecule has 1 fully saturated rings. The number of hydrogen-bond donors (Lipinski definition) is 2. The number of sulfonamides is 1. The van der Waals surface area contributed by atoms with Crippen LogP contribution in [0.3, 0.4) is 0 Å². The van der Waals surface area contributed by atoms with Crippen molar-refractivity contribution in [3.63, 3.8) is 0 Å². The molecule has 3 aromatic heterocycles. The minimum atomic E-state index is -3.81. The maximum atomic E-state index is 15.6. The molecule has 0 bridgehead atoms. The molecule has 2 aromatic carbocycles. The number of alkyl halides is 4. The molecule has 2 aliphatic rings. The van der Waals surface area contributed by atoms with Crippen molar-refractivity contribution in [2.75, 3.05) is 11.0 Å². The van der Waals surface area contributed by atoms with Crippen LogP contribution < -0.4 is 10.0 Å². The lowest BCUT2D eigenvalue weighted by atomic mass is 9.73. The summed E-state index contributed by atoms with van der Waals surface area (Å²) < 4.78 is 118. The maximum absolute atomic E-state index is 15.6. The van der Waals surface area contributed by atoms with Gasteiger partial charge in [-0.15, -0.1) is 0 Å². The summed E-state index contributed by atoms with van der Waals surface area (Å²) >= 11 is 6.60. The highest BCUT2D eigenvalue weighted by Gasteiger charge is 2.62. The highest BCUT2D eigenvalue weighted by molar-refractivity contribution is 7.92. The van der Waals surface area contributed by atoms with Gasteiger partial charge in [-0.3, -0.25) is 18.9 Å². The van der Waals surface area contributed by atoms with Gasteiger partial charge in [0.05, 0.1) is 33.9 Å². The number of fused-ring (bicyclic) bond motifs is 4. The second kappa shape index (κ2) is 14.4. The molecule has 2 N–H and O–H groups in total. The lowest BCUT2D eigenvalue weighted by Crippen LogP contribution is -2.36. The minimum absolute atomic E-state index is 0.0655. The van der Waals surface area contributed by atoms with Gasteiger partial charge in [0.2, 0.25) is 15.9 Å². The number of carbonyl (C=O) groups is 1. The summed E-state index contributed by atoms with van der Waals surface area (Å²) in [5.41, 5.74) is -0.700. The van der Waals surface area contributed by atoms with Gasteiger partial charge in [-0.1, -0.05) is 23.6 Å². The normalized spacial score (nSPS) is 17.8. The van der Waals surface area contributed by atoms with E-state index in [0.717, 1.165) is 18.4 Å². The molecule has 18 heteroatoms. The van der Waals surface area contributed by atoms with Crippen LogP contribution in [0.25, 0.3) is 22.0 Å². The van der Waals surface area contributed by atoms with Gasteiger partial charge in [-0.2, -0.15) is 19.0 Å². The molecule has 0 saturated heterocycles. The molecule has 7 rings (SSSR count). The second-order valence-corrected chi connectivity index (χ2v) is 17.6. The Morgan fingerprint density at radius 1 is 1.04 bits per heavy atom. The van der Waals surface area contributed by atoms with E-state index in [1.807, 2.05) is 20.8 Å². The molecule has 0 radical (unpaired) electrons. The van der Waals surface area contributed by atoms with Crippen molar-refractivity contribution < 1.29 is 39.6 Å². The largest absolute Gasteiger partial charge is 0.346 e. The number of nitrogens with zero attached hydrogens (tertiary/aromatic N) is 5. The molecule has 3 atom stereocenters. The third kappa shape index (κ3) is 7.81. The molecule has 5 aromatic rings. The summed E-state index contributed by atoms with van der Waals surface area (Å²) in [7, 11) is -2.26. The average Bonchev–Trinajstić information content (AvgIpc) is 3.63. The summed E-state index contributed by atoms with van der Waals surface area (Å²) in [6, 6.07) is 7.91. The number of benzene rings is 2. The van der Waals surface area contributed by atoms with Crippen LogP contribution in [-0.2, 0) is 40.8 Å².